The summed E-state index contributed by atoms with van der Waals surface area (Å²) in [5, 5.41) is 18.3. The van der Waals surface area contributed by atoms with Gasteiger partial charge in [-0.3, -0.25) is 18.6 Å². The summed E-state index contributed by atoms with van der Waals surface area (Å²) in [6.45, 7) is 2.20. The maximum absolute atomic E-state index is 12.6. The van der Waals surface area contributed by atoms with Crippen molar-refractivity contribution in [3.8, 4) is 0 Å². The van der Waals surface area contributed by atoms with Crippen LogP contribution in [0.25, 0.3) is 0 Å². The fraction of sp³-hybridized carbons (Fsp3) is 0.714. The van der Waals surface area contributed by atoms with Crippen LogP contribution in [0.1, 0.15) is 155 Å². The number of allylic oxidation sites excluding steroid dienone is 10. The fourth-order valence-corrected chi connectivity index (χ4v) is 5.87. The summed E-state index contributed by atoms with van der Waals surface area (Å²) in [6.07, 6.45) is 40.5. The van der Waals surface area contributed by atoms with Gasteiger partial charge in [-0.25, -0.2) is 4.57 Å². The lowest BCUT2D eigenvalue weighted by Gasteiger charge is -2.20. The Bertz CT molecular complexity index is 1070. The first kappa shape index (κ1) is 50.7. The van der Waals surface area contributed by atoms with E-state index >= 15 is 0 Å². The Morgan fingerprint density at radius 3 is 1.57 bits per heavy atom. The lowest BCUT2D eigenvalue weighted by Crippen LogP contribution is -2.29. The molecular weight excluding hydrogens is 695 g/mol. The summed E-state index contributed by atoms with van der Waals surface area (Å²) >= 11 is 0. The van der Waals surface area contributed by atoms with Gasteiger partial charge in [-0.05, 0) is 57.8 Å². The Kier molecular flexibility index (Phi) is 36.3. The van der Waals surface area contributed by atoms with Crippen LogP contribution >= 0.6 is 7.82 Å². The van der Waals surface area contributed by atoms with E-state index in [9.17, 15) is 24.2 Å². The summed E-state index contributed by atoms with van der Waals surface area (Å²) in [7, 11) is -4.62. The zero-order chi connectivity index (χ0) is 39.1. The summed E-state index contributed by atoms with van der Waals surface area (Å²) in [4.78, 5) is 34.9. The van der Waals surface area contributed by atoms with Crippen LogP contribution in [-0.4, -0.2) is 65.7 Å². The molecule has 0 aromatic rings. The lowest BCUT2D eigenvalue weighted by molar-refractivity contribution is -0.161. The van der Waals surface area contributed by atoms with Gasteiger partial charge in [-0.1, -0.05) is 145 Å². The van der Waals surface area contributed by atoms with Gasteiger partial charge in [-0.2, -0.15) is 0 Å². The molecule has 0 heterocycles. The first-order valence-electron chi connectivity index (χ1n) is 20.2. The standard InChI is InChI=1S/C42H73O10P/c1-3-5-7-9-11-13-15-16-17-18-19-20-21-22-24-26-28-30-32-34-42(46)52-40(38-51-53(47,48)50-36-39(44)35-43)37-49-41(45)33-31-29-27-25-23-14-12-10-8-6-4-2/h5,7,11,13,16-17,19-20,22,24,39-40,43-44H,3-4,6,8-10,12,14-15,18,21,23,25-38H2,1-2H3,(H,47,48)/b7-5-,13-11-,17-16-,20-19-,24-22-. The highest BCUT2D eigenvalue weighted by molar-refractivity contribution is 7.47. The smallest absolute Gasteiger partial charge is 0.462 e. The highest BCUT2D eigenvalue weighted by Gasteiger charge is 2.27. The minimum absolute atomic E-state index is 0.144. The van der Waals surface area contributed by atoms with Gasteiger partial charge < -0.3 is 24.6 Å². The SMILES string of the molecule is CC/C=C\C/C=C\C/C=C\C/C=C\C/C=C\CCCCCC(=O)OC(COC(=O)CCCCCCCCCCCCC)COP(=O)(O)OCC(O)CO. The number of carbonyl (C=O) groups is 2. The van der Waals surface area contributed by atoms with Crippen LogP contribution in [0.5, 0.6) is 0 Å². The number of unbranched alkanes of at least 4 members (excludes halogenated alkanes) is 13. The highest BCUT2D eigenvalue weighted by Crippen LogP contribution is 2.43. The predicted molar refractivity (Wildman–Crippen MR) is 214 cm³/mol. The predicted octanol–water partition coefficient (Wildman–Crippen LogP) is 10.3. The van der Waals surface area contributed by atoms with Gasteiger partial charge in [-0.15, -0.1) is 0 Å². The number of aliphatic hydroxyl groups is 2. The maximum Gasteiger partial charge on any atom is 0.472 e. The molecule has 0 rings (SSSR count). The van der Waals surface area contributed by atoms with Gasteiger partial charge in [0.15, 0.2) is 6.10 Å². The van der Waals surface area contributed by atoms with Gasteiger partial charge >= 0.3 is 19.8 Å². The number of phosphoric ester groups is 1. The van der Waals surface area contributed by atoms with Crippen molar-refractivity contribution in [1.29, 1.82) is 0 Å². The maximum atomic E-state index is 12.6. The van der Waals surface area contributed by atoms with Crippen molar-refractivity contribution in [3.63, 3.8) is 0 Å². The molecule has 0 aromatic carbocycles. The second kappa shape index (κ2) is 38.0. The van der Waals surface area contributed by atoms with E-state index in [4.69, 9.17) is 19.1 Å². The Morgan fingerprint density at radius 2 is 1.04 bits per heavy atom. The molecule has 3 unspecified atom stereocenters. The van der Waals surface area contributed by atoms with E-state index in [2.05, 4.69) is 79.1 Å². The van der Waals surface area contributed by atoms with Crippen LogP contribution in [0.2, 0.25) is 0 Å². The number of ether oxygens (including phenoxy) is 2. The molecule has 0 spiro atoms. The fourth-order valence-electron chi connectivity index (χ4n) is 5.08. The molecule has 3 atom stereocenters. The highest BCUT2D eigenvalue weighted by atomic mass is 31.2. The lowest BCUT2D eigenvalue weighted by atomic mass is 10.1. The molecule has 306 valence electrons. The molecule has 0 amide bonds. The van der Waals surface area contributed by atoms with Crippen LogP contribution in [0.15, 0.2) is 60.8 Å². The quantitative estimate of drug-likeness (QED) is 0.0241. The summed E-state index contributed by atoms with van der Waals surface area (Å²) < 4.78 is 32.6. The van der Waals surface area contributed by atoms with Crippen molar-refractivity contribution in [2.24, 2.45) is 0 Å². The Hall–Kier alpha value is -2.33. The number of carbonyl (C=O) groups excluding carboxylic acids is 2. The molecule has 0 bridgehead atoms. The van der Waals surface area contributed by atoms with Gasteiger partial charge in [0.2, 0.25) is 0 Å². The molecule has 0 aliphatic heterocycles. The monoisotopic (exact) mass is 768 g/mol. The summed E-state index contributed by atoms with van der Waals surface area (Å²) in [5.74, 6) is -0.967. The summed E-state index contributed by atoms with van der Waals surface area (Å²) in [5.41, 5.74) is 0. The average Bonchev–Trinajstić information content (AvgIpc) is 3.14. The van der Waals surface area contributed by atoms with Crippen molar-refractivity contribution in [3.05, 3.63) is 60.8 Å². The number of esters is 2. The van der Waals surface area contributed by atoms with Crippen LogP contribution in [0.3, 0.4) is 0 Å². The van der Waals surface area contributed by atoms with Crippen LogP contribution in [0, 0.1) is 0 Å². The number of phosphoric acid groups is 1. The number of hydrogen-bond donors (Lipinski definition) is 3. The van der Waals surface area contributed by atoms with E-state index in [1.165, 1.54) is 44.9 Å². The van der Waals surface area contributed by atoms with E-state index in [1.807, 2.05) is 0 Å². The Labute approximate surface area is 321 Å². The third kappa shape index (κ3) is 37.8. The molecule has 0 radical (unpaired) electrons. The number of aliphatic hydroxyl groups excluding tert-OH is 2. The summed E-state index contributed by atoms with van der Waals surface area (Å²) in [6, 6.07) is 0. The number of hydrogen-bond acceptors (Lipinski definition) is 9. The van der Waals surface area contributed by atoms with Gasteiger partial charge in [0.1, 0.15) is 12.7 Å². The molecule has 11 heteroatoms. The second-order valence-electron chi connectivity index (χ2n) is 13.3. The molecule has 0 aliphatic carbocycles. The first-order valence-corrected chi connectivity index (χ1v) is 21.7. The topological polar surface area (TPSA) is 149 Å². The molecule has 0 aromatic heterocycles. The largest absolute Gasteiger partial charge is 0.472 e. The molecule has 10 nitrogen and oxygen atoms in total. The number of rotatable bonds is 37. The van der Waals surface area contributed by atoms with E-state index < -0.39 is 51.8 Å². The van der Waals surface area contributed by atoms with Gasteiger partial charge in [0.25, 0.3) is 0 Å². The van der Waals surface area contributed by atoms with Crippen molar-refractivity contribution < 1.29 is 47.8 Å². The molecule has 0 saturated carbocycles. The van der Waals surface area contributed by atoms with E-state index in [0.717, 1.165) is 70.6 Å². The third-order valence-corrected chi connectivity index (χ3v) is 9.14. The Morgan fingerprint density at radius 1 is 0.585 bits per heavy atom. The van der Waals surface area contributed by atoms with Crippen molar-refractivity contribution >= 4 is 19.8 Å². The minimum atomic E-state index is -4.62. The minimum Gasteiger partial charge on any atom is -0.462 e. The van der Waals surface area contributed by atoms with Crippen LogP contribution < -0.4 is 0 Å². The van der Waals surface area contributed by atoms with Gasteiger partial charge in [0, 0.05) is 12.8 Å². The van der Waals surface area contributed by atoms with Crippen molar-refractivity contribution in [2.45, 2.75) is 167 Å². The molecule has 0 aliphatic rings. The van der Waals surface area contributed by atoms with Crippen LogP contribution in [0.4, 0.5) is 0 Å². The second-order valence-corrected chi connectivity index (χ2v) is 14.7. The van der Waals surface area contributed by atoms with Crippen molar-refractivity contribution in [1.82, 2.24) is 0 Å². The first-order chi connectivity index (χ1) is 25.7. The molecule has 3 N–H and O–H groups in total. The zero-order valence-electron chi connectivity index (χ0n) is 33.0. The van der Waals surface area contributed by atoms with E-state index in [0.29, 0.717) is 12.8 Å². The van der Waals surface area contributed by atoms with Crippen LogP contribution in [-0.2, 0) is 32.7 Å². The average molecular weight is 769 g/mol. The normalized spacial score (nSPS) is 14.6. The van der Waals surface area contributed by atoms with E-state index in [-0.39, 0.29) is 19.4 Å². The van der Waals surface area contributed by atoms with Crippen molar-refractivity contribution in [2.75, 3.05) is 26.4 Å². The Balaban J connectivity index is 4.40. The molecule has 0 fully saturated rings. The zero-order valence-corrected chi connectivity index (χ0v) is 33.9. The third-order valence-electron chi connectivity index (χ3n) is 8.19. The molecular formula is C42H73O10P. The van der Waals surface area contributed by atoms with Gasteiger partial charge in [0.05, 0.1) is 19.8 Å². The van der Waals surface area contributed by atoms with E-state index in [1.54, 1.807) is 0 Å². The molecule has 0 saturated heterocycles. The molecule has 53 heavy (non-hydrogen) atoms.